The summed E-state index contributed by atoms with van der Waals surface area (Å²) in [6.45, 7) is 1.50. The molecule has 0 saturated carbocycles. The zero-order valence-corrected chi connectivity index (χ0v) is 24.7. The van der Waals surface area contributed by atoms with Gasteiger partial charge in [0.15, 0.2) is 0 Å². The lowest BCUT2D eigenvalue weighted by Gasteiger charge is -2.35. The van der Waals surface area contributed by atoms with E-state index in [9.17, 15) is 24.3 Å². The molecule has 11 heteroatoms. The van der Waals surface area contributed by atoms with E-state index in [1.807, 2.05) is 54.6 Å². The van der Waals surface area contributed by atoms with Crippen LogP contribution in [-0.4, -0.2) is 83.8 Å². The molecule has 0 aliphatic carbocycles. The molecule has 0 unspecified atom stereocenters. The summed E-state index contributed by atoms with van der Waals surface area (Å²) in [5.41, 5.74) is -0.809. The van der Waals surface area contributed by atoms with Gasteiger partial charge in [-0.15, -0.1) is 0 Å². The molecule has 42 heavy (non-hydrogen) atoms. The van der Waals surface area contributed by atoms with Crippen LogP contribution < -0.4 is 10.2 Å². The molecule has 2 fully saturated rings. The number of allylic oxidation sites excluding steroid dienone is 1. The molecule has 0 radical (unpaired) electrons. The van der Waals surface area contributed by atoms with Gasteiger partial charge in [0.05, 0.1) is 19.1 Å². The second kappa shape index (κ2) is 11.3. The predicted octanol–water partition coefficient (Wildman–Crippen LogP) is 2.44. The van der Waals surface area contributed by atoms with E-state index in [0.29, 0.717) is 16.6 Å². The van der Waals surface area contributed by atoms with Gasteiger partial charge in [-0.2, -0.15) is 0 Å². The van der Waals surface area contributed by atoms with Crippen molar-refractivity contribution < 1.29 is 33.8 Å². The quantitative estimate of drug-likeness (QED) is 0.391. The first kappa shape index (κ1) is 28.6. The Hall–Kier alpha value is -3.54. The number of benzene rings is 2. The number of carbonyl (C=O) groups excluding carboxylic acids is 4. The second-order valence-electron chi connectivity index (χ2n) is 11.1. The molecule has 0 aromatic heterocycles. The Kier molecular flexibility index (Phi) is 7.67. The van der Waals surface area contributed by atoms with Gasteiger partial charge in [-0.3, -0.25) is 19.2 Å². The molecule has 5 bridgehead atoms. The summed E-state index contributed by atoms with van der Waals surface area (Å²) in [4.78, 5) is 57.6. The molecule has 2 saturated heterocycles. The van der Waals surface area contributed by atoms with E-state index in [0.717, 1.165) is 10.8 Å². The number of fused-ring (bicyclic) bond motifs is 3. The number of aliphatic hydroxyl groups is 1. The molecule has 2 aromatic carbocycles. The number of β-amino-alcohol motifs (C(OH)–C–C–N with tert-alkyl or cyclic N) is 1. The first-order chi connectivity index (χ1) is 20.2. The van der Waals surface area contributed by atoms with Crippen LogP contribution in [0, 0.1) is 11.8 Å². The Morgan fingerprint density at radius 3 is 2.64 bits per heavy atom. The van der Waals surface area contributed by atoms with Gasteiger partial charge in [-0.25, -0.2) is 0 Å². The highest BCUT2D eigenvalue weighted by molar-refractivity contribution is 9.11. The van der Waals surface area contributed by atoms with Crippen LogP contribution in [0.1, 0.15) is 19.8 Å². The Morgan fingerprint density at radius 2 is 1.86 bits per heavy atom. The number of amides is 3. The number of ether oxygens (including phenoxy) is 2. The van der Waals surface area contributed by atoms with E-state index in [-0.39, 0.29) is 38.6 Å². The van der Waals surface area contributed by atoms with Crippen molar-refractivity contribution >= 4 is 56.1 Å². The molecule has 4 aliphatic rings. The number of cyclic esters (lactones) is 1. The maximum absolute atomic E-state index is 14.7. The molecule has 4 heterocycles. The lowest BCUT2D eigenvalue weighted by molar-refractivity contribution is -0.158. The maximum atomic E-state index is 14.7. The molecular formula is C31H32BrN3O7. The smallest absolute Gasteiger partial charge is 0.313 e. The number of rotatable bonds is 3. The number of aliphatic hydroxyl groups excluding tert-OH is 1. The lowest BCUT2D eigenvalue weighted by atomic mass is 9.74. The molecule has 6 atom stereocenters. The van der Waals surface area contributed by atoms with Crippen LogP contribution in [0.4, 0.5) is 5.69 Å². The van der Waals surface area contributed by atoms with Gasteiger partial charge < -0.3 is 29.7 Å². The fourth-order valence-corrected chi connectivity index (χ4v) is 7.34. The molecule has 1 spiro atoms. The Balaban J connectivity index is 1.46. The van der Waals surface area contributed by atoms with Crippen LogP contribution in [-0.2, 0) is 28.7 Å². The molecule has 10 nitrogen and oxygen atoms in total. The number of anilines is 1. The average Bonchev–Trinajstić information content (AvgIpc) is 3.56. The zero-order chi connectivity index (χ0) is 29.6. The molecule has 2 aromatic rings. The van der Waals surface area contributed by atoms with Crippen molar-refractivity contribution in [3.8, 4) is 0 Å². The van der Waals surface area contributed by atoms with E-state index in [1.165, 1.54) is 4.90 Å². The van der Waals surface area contributed by atoms with Crippen LogP contribution in [0.2, 0.25) is 0 Å². The van der Waals surface area contributed by atoms with Gasteiger partial charge in [-0.1, -0.05) is 58.4 Å². The third-order valence-electron chi connectivity index (χ3n) is 8.48. The summed E-state index contributed by atoms with van der Waals surface area (Å²) in [6, 6.07) is 12.4. The predicted molar refractivity (Wildman–Crippen MR) is 157 cm³/mol. The normalized spacial score (nSPS) is 32.5. The van der Waals surface area contributed by atoms with E-state index < -0.39 is 53.5 Å². The van der Waals surface area contributed by atoms with Crippen molar-refractivity contribution in [3.05, 3.63) is 65.2 Å². The molecule has 6 rings (SSSR count). The van der Waals surface area contributed by atoms with Crippen molar-refractivity contribution in [2.24, 2.45) is 11.8 Å². The van der Waals surface area contributed by atoms with Crippen LogP contribution in [0.3, 0.4) is 0 Å². The number of halogens is 1. The van der Waals surface area contributed by atoms with Crippen molar-refractivity contribution in [2.75, 3.05) is 31.1 Å². The summed E-state index contributed by atoms with van der Waals surface area (Å²) in [6.07, 6.45) is 4.66. The van der Waals surface area contributed by atoms with Gasteiger partial charge in [-0.05, 0) is 42.3 Å². The number of nitrogens with zero attached hydrogens (tertiary/aromatic N) is 2. The van der Waals surface area contributed by atoms with Crippen LogP contribution in [0.25, 0.3) is 10.8 Å². The highest BCUT2D eigenvalue weighted by atomic mass is 79.9. The number of hydrogen-bond donors (Lipinski definition) is 2. The topological polar surface area (TPSA) is 125 Å². The number of nitrogens with one attached hydrogen (secondary N) is 1. The number of hydrogen-bond acceptors (Lipinski definition) is 7. The lowest BCUT2D eigenvalue weighted by Crippen LogP contribution is -2.56. The highest BCUT2D eigenvalue weighted by Gasteiger charge is 2.74. The van der Waals surface area contributed by atoms with Crippen LogP contribution in [0.5, 0.6) is 0 Å². The highest BCUT2D eigenvalue weighted by Crippen LogP contribution is 2.59. The number of carbonyl (C=O) groups is 4. The third-order valence-corrected chi connectivity index (χ3v) is 9.16. The Morgan fingerprint density at radius 1 is 1.07 bits per heavy atom. The zero-order valence-electron chi connectivity index (χ0n) is 23.1. The second-order valence-corrected chi connectivity index (χ2v) is 12.0. The van der Waals surface area contributed by atoms with Crippen molar-refractivity contribution in [1.29, 1.82) is 0 Å². The van der Waals surface area contributed by atoms with Crippen molar-refractivity contribution in [2.45, 2.75) is 43.6 Å². The first-order valence-corrected chi connectivity index (χ1v) is 14.9. The standard InChI is InChI=1S/C31H32BrN3O7/c1-18-17-33-23(37)9-3-2-6-12-34(21-11-10-19-7-4-5-8-20(19)15-21)29(39)27-31-16-22(32)26(42-31)24(30(40)41-18)25(31)28(38)35(27)13-14-36/h2,4-8,10-11,15-16,18,24-27,36H,3,9,12-14,17H2,1H3,(H,33,37)/b6-2-/t18-,24+,25-,26+,27+,31-/m0/s1. The summed E-state index contributed by atoms with van der Waals surface area (Å²) in [7, 11) is 0. The van der Waals surface area contributed by atoms with Gasteiger partial charge in [0.2, 0.25) is 11.8 Å². The number of esters is 1. The van der Waals surface area contributed by atoms with E-state index in [1.54, 1.807) is 17.9 Å². The largest absolute Gasteiger partial charge is 0.460 e. The maximum Gasteiger partial charge on any atom is 0.313 e. The first-order valence-electron chi connectivity index (χ1n) is 14.1. The summed E-state index contributed by atoms with van der Waals surface area (Å²) >= 11 is 3.52. The minimum absolute atomic E-state index is 0.0986. The van der Waals surface area contributed by atoms with E-state index in [4.69, 9.17) is 9.47 Å². The SMILES string of the molecule is C[C@H]1CNC(=O)CC/C=C\CN(c2ccc3ccccc3c2)C(=O)[C@H]2N(CCO)C(=O)[C@@H]3[C@@H](C(=O)O1)[C@@H]1O[C@@]32C=C1Br. The minimum Gasteiger partial charge on any atom is -0.460 e. The van der Waals surface area contributed by atoms with Crippen molar-refractivity contribution in [1.82, 2.24) is 10.2 Å². The monoisotopic (exact) mass is 637 g/mol. The molecular weight excluding hydrogens is 606 g/mol. The number of likely N-dealkylation sites (tertiary alicyclic amines) is 1. The van der Waals surface area contributed by atoms with Gasteiger partial charge >= 0.3 is 5.97 Å². The molecule has 3 amide bonds. The Labute approximate surface area is 251 Å². The fourth-order valence-electron chi connectivity index (χ4n) is 6.61. The van der Waals surface area contributed by atoms with E-state index in [2.05, 4.69) is 21.2 Å². The third kappa shape index (κ3) is 4.73. The molecule has 4 aliphatic heterocycles. The summed E-state index contributed by atoms with van der Waals surface area (Å²) < 4.78 is 12.7. The molecule has 220 valence electrons. The van der Waals surface area contributed by atoms with Gasteiger partial charge in [0.25, 0.3) is 5.91 Å². The van der Waals surface area contributed by atoms with Crippen LogP contribution >= 0.6 is 15.9 Å². The summed E-state index contributed by atoms with van der Waals surface area (Å²) in [5, 5.41) is 14.7. The molecule has 2 N–H and O–H groups in total. The van der Waals surface area contributed by atoms with Gasteiger partial charge in [0, 0.05) is 29.7 Å². The van der Waals surface area contributed by atoms with Crippen LogP contribution in [0.15, 0.2) is 65.2 Å². The van der Waals surface area contributed by atoms with Crippen molar-refractivity contribution in [3.63, 3.8) is 0 Å². The summed E-state index contributed by atoms with van der Waals surface area (Å²) in [5.74, 6) is -3.68. The van der Waals surface area contributed by atoms with Gasteiger partial charge in [0.1, 0.15) is 29.8 Å². The Bertz CT molecular complexity index is 1510. The van der Waals surface area contributed by atoms with E-state index >= 15 is 0 Å². The fraction of sp³-hybridized carbons (Fsp3) is 0.419. The minimum atomic E-state index is -1.43. The average molecular weight is 639 g/mol.